The van der Waals surface area contributed by atoms with Crippen LogP contribution < -0.4 is 10.6 Å². The molecule has 0 aliphatic rings. The van der Waals surface area contributed by atoms with E-state index >= 15 is 0 Å². The first-order valence-corrected chi connectivity index (χ1v) is 5.94. The van der Waals surface area contributed by atoms with Gasteiger partial charge in [-0.2, -0.15) is 10.1 Å². The van der Waals surface area contributed by atoms with Gasteiger partial charge in [-0.1, -0.05) is 0 Å². The Hall–Kier alpha value is -2.28. The number of nitrogens with one attached hydrogen (secondary N) is 2. The summed E-state index contributed by atoms with van der Waals surface area (Å²) in [5, 5.41) is 14.0. The van der Waals surface area contributed by atoms with Gasteiger partial charge in [-0.15, -0.1) is 5.10 Å². The lowest BCUT2D eigenvalue weighted by Gasteiger charge is -2.07. The van der Waals surface area contributed by atoms with E-state index in [-0.39, 0.29) is 0 Å². The van der Waals surface area contributed by atoms with Crippen molar-refractivity contribution in [2.45, 2.75) is 6.54 Å². The molecule has 2 rings (SSSR count). The summed E-state index contributed by atoms with van der Waals surface area (Å²) in [6, 6.07) is 3.89. The smallest absolute Gasteiger partial charge is 0.244 e. The maximum Gasteiger partial charge on any atom is 0.244 e. The molecule has 7 nitrogen and oxygen atoms in total. The van der Waals surface area contributed by atoms with Gasteiger partial charge in [0.1, 0.15) is 0 Å². The Morgan fingerprint density at radius 2 is 2.05 bits per heavy atom. The van der Waals surface area contributed by atoms with Crippen molar-refractivity contribution in [1.29, 1.82) is 0 Å². The van der Waals surface area contributed by atoms with Crippen LogP contribution in [0.5, 0.6) is 0 Å². The van der Waals surface area contributed by atoms with Gasteiger partial charge in [-0.05, 0) is 17.7 Å². The van der Waals surface area contributed by atoms with Gasteiger partial charge in [0.05, 0.1) is 12.8 Å². The summed E-state index contributed by atoms with van der Waals surface area (Å²) in [7, 11) is 1.65. The predicted molar refractivity (Wildman–Crippen MR) is 71.8 cm³/mol. The number of hydrogen-bond acceptors (Lipinski definition) is 7. The second-order valence-electron chi connectivity index (χ2n) is 3.79. The summed E-state index contributed by atoms with van der Waals surface area (Å²) in [5.74, 6) is 1.16. The lowest BCUT2D eigenvalue weighted by atomic mass is 10.3. The first kappa shape index (κ1) is 13.2. The molecule has 0 bridgehead atoms. The minimum Gasteiger partial charge on any atom is -0.383 e. The molecule has 0 saturated heterocycles. The highest BCUT2D eigenvalue weighted by atomic mass is 16.5. The van der Waals surface area contributed by atoms with Gasteiger partial charge in [0.15, 0.2) is 5.82 Å². The number of nitrogens with zero attached hydrogens (tertiary/aromatic N) is 4. The highest BCUT2D eigenvalue weighted by molar-refractivity contribution is 5.37. The summed E-state index contributed by atoms with van der Waals surface area (Å²) >= 11 is 0. The normalized spacial score (nSPS) is 10.2. The third kappa shape index (κ3) is 4.47. The Morgan fingerprint density at radius 1 is 1.21 bits per heavy atom. The van der Waals surface area contributed by atoms with E-state index < -0.39 is 0 Å². The average molecular weight is 260 g/mol. The third-order valence-electron chi connectivity index (χ3n) is 2.37. The third-order valence-corrected chi connectivity index (χ3v) is 2.37. The van der Waals surface area contributed by atoms with Crippen molar-refractivity contribution in [2.75, 3.05) is 30.9 Å². The monoisotopic (exact) mass is 260 g/mol. The van der Waals surface area contributed by atoms with Crippen molar-refractivity contribution < 1.29 is 4.74 Å². The second kappa shape index (κ2) is 7.22. The molecule has 100 valence electrons. The molecule has 0 unspecified atom stereocenters. The van der Waals surface area contributed by atoms with Gasteiger partial charge in [0.25, 0.3) is 0 Å². The zero-order valence-electron chi connectivity index (χ0n) is 10.7. The summed E-state index contributed by atoms with van der Waals surface area (Å²) < 4.78 is 4.94. The van der Waals surface area contributed by atoms with Crippen LogP contribution in [-0.4, -0.2) is 40.4 Å². The van der Waals surface area contributed by atoms with Gasteiger partial charge < -0.3 is 15.4 Å². The molecular formula is C12H16N6O. The standard InChI is InChI=1S/C12H16N6O/c1-19-7-6-14-12-17-11(9-16-18-12)15-8-10-2-4-13-5-3-10/h2-5,9H,6-8H2,1H3,(H2,14,15,17,18). The predicted octanol–water partition coefficient (Wildman–Crippen LogP) is 0.937. The average Bonchev–Trinajstić information content (AvgIpc) is 2.47. The lowest BCUT2D eigenvalue weighted by molar-refractivity contribution is 0.210. The minimum absolute atomic E-state index is 0.483. The van der Waals surface area contributed by atoms with Crippen LogP contribution in [-0.2, 0) is 11.3 Å². The lowest BCUT2D eigenvalue weighted by Crippen LogP contribution is -2.12. The molecule has 2 aromatic heterocycles. The van der Waals surface area contributed by atoms with Crippen LogP contribution in [0.25, 0.3) is 0 Å². The van der Waals surface area contributed by atoms with Gasteiger partial charge in [-0.25, -0.2) is 0 Å². The van der Waals surface area contributed by atoms with E-state index in [9.17, 15) is 0 Å². The largest absolute Gasteiger partial charge is 0.383 e. The fraction of sp³-hybridized carbons (Fsp3) is 0.333. The number of methoxy groups -OCH3 is 1. The quantitative estimate of drug-likeness (QED) is 0.716. The van der Waals surface area contributed by atoms with Gasteiger partial charge in [0.2, 0.25) is 5.95 Å². The molecule has 2 N–H and O–H groups in total. The highest BCUT2D eigenvalue weighted by Gasteiger charge is 2.00. The van der Waals surface area contributed by atoms with Crippen LogP contribution in [0.3, 0.4) is 0 Å². The maximum absolute atomic E-state index is 4.94. The fourth-order valence-electron chi connectivity index (χ4n) is 1.42. The van der Waals surface area contributed by atoms with Crippen molar-refractivity contribution in [3.05, 3.63) is 36.3 Å². The molecule has 0 radical (unpaired) electrons. The minimum atomic E-state index is 0.483. The zero-order chi connectivity index (χ0) is 13.3. The van der Waals surface area contributed by atoms with E-state index in [1.54, 1.807) is 25.7 Å². The van der Waals surface area contributed by atoms with E-state index in [0.717, 1.165) is 5.56 Å². The molecular weight excluding hydrogens is 244 g/mol. The molecule has 2 aromatic rings. The summed E-state index contributed by atoms with van der Waals surface area (Å²) in [6.45, 7) is 1.91. The summed E-state index contributed by atoms with van der Waals surface area (Å²) in [6.07, 6.45) is 5.10. The molecule has 0 saturated carbocycles. The maximum atomic E-state index is 4.94. The van der Waals surface area contributed by atoms with Gasteiger partial charge in [-0.3, -0.25) is 4.98 Å². The van der Waals surface area contributed by atoms with Crippen LogP contribution in [0.2, 0.25) is 0 Å². The van der Waals surface area contributed by atoms with Crippen molar-refractivity contribution in [1.82, 2.24) is 20.2 Å². The SMILES string of the molecule is COCCNc1nncc(NCc2ccncc2)n1. The Bertz CT molecular complexity index is 493. The topological polar surface area (TPSA) is 84.9 Å². The molecule has 0 aliphatic carbocycles. The van der Waals surface area contributed by atoms with Gasteiger partial charge >= 0.3 is 0 Å². The van der Waals surface area contributed by atoms with Crippen LogP contribution >= 0.6 is 0 Å². The summed E-state index contributed by atoms with van der Waals surface area (Å²) in [5.41, 5.74) is 1.13. The highest BCUT2D eigenvalue weighted by Crippen LogP contribution is 2.05. The Morgan fingerprint density at radius 3 is 2.84 bits per heavy atom. The Balaban J connectivity index is 1.88. The second-order valence-corrected chi connectivity index (χ2v) is 3.79. The fourth-order valence-corrected chi connectivity index (χ4v) is 1.42. The van der Waals surface area contributed by atoms with E-state index in [4.69, 9.17) is 4.74 Å². The molecule has 0 fully saturated rings. The molecule has 0 atom stereocenters. The first-order chi connectivity index (χ1) is 9.38. The molecule has 7 heteroatoms. The van der Waals surface area contributed by atoms with Crippen LogP contribution in [0.4, 0.5) is 11.8 Å². The van der Waals surface area contributed by atoms with E-state index in [2.05, 4.69) is 30.8 Å². The Kier molecular flexibility index (Phi) is 5.00. The van der Waals surface area contributed by atoms with Crippen molar-refractivity contribution in [3.8, 4) is 0 Å². The number of ether oxygens (including phenoxy) is 1. The van der Waals surface area contributed by atoms with Crippen molar-refractivity contribution in [2.24, 2.45) is 0 Å². The molecule has 0 spiro atoms. The van der Waals surface area contributed by atoms with Crippen molar-refractivity contribution >= 4 is 11.8 Å². The molecule has 0 amide bonds. The molecule has 0 aliphatic heterocycles. The number of hydrogen-bond donors (Lipinski definition) is 2. The number of rotatable bonds is 7. The summed E-state index contributed by atoms with van der Waals surface area (Å²) in [4.78, 5) is 8.26. The zero-order valence-corrected chi connectivity index (χ0v) is 10.7. The number of aromatic nitrogens is 4. The van der Waals surface area contributed by atoms with E-state index in [0.29, 0.717) is 31.5 Å². The van der Waals surface area contributed by atoms with Gasteiger partial charge in [0, 0.05) is 32.6 Å². The number of anilines is 2. The first-order valence-electron chi connectivity index (χ1n) is 5.94. The van der Waals surface area contributed by atoms with Crippen LogP contribution in [0.15, 0.2) is 30.7 Å². The Labute approximate surface area is 111 Å². The van der Waals surface area contributed by atoms with Crippen molar-refractivity contribution in [3.63, 3.8) is 0 Å². The molecule has 2 heterocycles. The number of pyridine rings is 1. The van der Waals surface area contributed by atoms with E-state index in [1.165, 1.54) is 0 Å². The van der Waals surface area contributed by atoms with Crippen LogP contribution in [0, 0.1) is 0 Å². The molecule has 19 heavy (non-hydrogen) atoms. The van der Waals surface area contributed by atoms with Crippen LogP contribution in [0.1, 0.15) is 5.56 Å². The molecule has 0 aromatic carbocycles. The van der Waals surface area contributed by atoms with E-state index in [1.807, 2.05) is 12.1 Å².